The van der Waals surface area contributed by atoms with Crippen molar-refractivity contribution in [1.29, 1.82) is 0 Å². The summed E-state index contributed by atoms with van der Waals surface area (Å²) in [6.45, 7) is 2.50. The number of allylic oxidation sites excluding steroid dienone is 4. The van der Waals surface area contributed by atoms with Gasteiger partial charge in [-0.25, -0.2) is 0 Å². The lowest BCUT2D eigenvalue weighted by Gasteiger charge is -2.54. The minimum Gasteiger partial charge on any atom is -0.377 e. The fourth-order valence-corrected chi connectivity index (χ4v) is 8.11. The Balaban J connectivity index is 1.52. The van der Waals surface area contributed by atoms with Crippen molar-refractivity contribution in [3.63, 3.8) is 0 Å². The molecule has 3 fully saturated rings. The Morgan fingerprint density at radius 2 is 1.90 bits per heavy atom. The molecule has 0 aromatic heterocycles. The van der Waals surface area contributed by atoms with Crippen molar-refractivity contribution >= 4 is 12.1 Å². The van der Waals surface area contributed by atoms with Crippen molar-refractivity contribution in [3.05, 3.63) is 58.2 Å². The Bertz CT molecular complexity index is 995. The molecule has 0 N–H and O–H groups in total. The third-order valence-electron chi connectivity index (χ3n) is 9.52. The van der Waals surface area contributed by atoms with Crippen molar-refractivity contribution in [1.82, 2.24) is 0 Å². The zero-order chi connectivity index (χ0) is 20.7. The van der Waals surface area contributed by atoms with Gasteiger partial charge < -0.3 is 4.74 Å². The average Bonchev–Trinajstić information content (AvgIpc) is 3.44. The summed E-state index contributed by atoms with van der Waals surface area (Å²) in [4.78, 5) is 23.3. The van der Waals surface area contributed by atoms with Crippen LogP contribution in [0.15, 0.2) is 47.1 Å². The van der Waals surface area contributed by atoms with Crippen molar-refractivity contribution in [2.45, 2.75) is 63.4 Å². The molecule has 0 unspecified atom stereocenters. The molecule has 0 spiro atoms. The largest absolute Gasteiger partial charge is 0.377 e. The number of fused-ring (bicyclic) bond motifs is 6. The SMILES string of the molecule is CO[C@@]12C[C@@H]1C[C@H]1[C@@H]3CCC4=CC(=O)CCC4=C3[C@@H](c3ccc(C=O)cc3)C[C@@]12C. The summed E-state index contributed by atoms with van der Waals surface area (Å²) >= 11 is 0. The third kappa shape index (κ3) is 2.30. The van der Waals surface area contributed by atoms with E-state index < -0.39 is 0 Å². The molecule has 0 radical (unpaired) electrons. The molecule has 0 amide bonds. The Labute approximate surface area is 178 Å². The molecule has 0 aliphatic heterocycles. The number of aldehydes is 1. The molecule has 30 heavy (non-hydrogen) atoms. The maximum absolute atomic E-state index is 12.1. The third-order valence-corrected chi connectivity index (χ3v) is 9.52. The van der Waals surface area contributed by atoms with Gasteiger partial charge >= 0.3 is 0 Å². The Kier molecular flexibility index (Phi) is 3.91. The second-order valence-electron chi connectivity index (χ2n) is 10.5. The molecular weight excluding hydrogens is 372 g/mol. The molecule has 6 atom stereocenters. The highest BCUT2D eigenvalue weighted by molar-refractivity contribution is 5.93. The maximum atomic E-state index is 12.1. The predicted octanol–water partition coefficient (Wildman–Crippen LogP) is 5.41. The van der Waals surface area contributed by atoms with Crippen LogP contribution in [0, 0.1) is 23.2 Å². The van der Waals surface area contributed by atoms with E-state index in [-0.39, 0.29) is 11.0 Å². The summed E-state index contributed by atoms with van der Waals surface area (Å²) in [6, 6.07) is 8.24. The summed E-state index contributed by atoms with van der Waals surface area (Å²) in [5.74, 6) is 2.64. The molecular formula is C27H30O3. The Morgan fingerprint density at radius 3 is 2.63 bits per heavy atom. The van der Waals surface area contributed by atoms with Crippen molar-refractivity contribution < 1.29 is 14.3 Å². The van der Waals surface area contributed by atoms with Crippen LogP contribution in [0.25, 0.3) is 0 Å². The van der Waals surface area contributed by atoms with Crippen LogP contribution in [-0.2, 0) is 9.53 Å². The Morgan fingerprint density at radius 1 is 1.10 bits per heavy atom. The maximum Gasteiger partial charge on any atom is 0.156 e. The topological polar surface area (TPSA) is 43.4 Å². The van der Waals surface area contributed by atoms with Gasteiger partial charge in [-0.1, -0.05) is 36.8 Å². The summed E-state index contributed by atoms with van der Waals surface area (Å²) in [7, 11) is 1.92. The zero-order valence-corrected chi connectivity index (χ0v) is 17.9. The first-order valence-electron chi connectivity index (χ1n) is 11.6. The number of benzene rings is 1. The molecule has 6 rings (SSSR count). The van der Waals surface area contributed by atoms with Crippen LogP contribution in [0.3, 0.4) is 0 Å². The first-order valence-corrected chi connectivity index (χ1v) is 11.6. The Hall–Kier alpha value is -2.00. The van der Waals surface area contributed by atoms with E-state index in [1.807, 2.05) is 25.3 Å². The highest BCUT2D eigenvalue weighted by atomic mass is 16.5. The summed E-state index contributed by atoms with van der Waals surface area (Å²) < 4.78 is 6.25. The summed E-state index contributed by atoms with van der Waals surface area (Å²) in [5.41, 5.74) is 6.73. The standard InChI is InChI=1S/C27H30O3/c1-26-14-23(17-5-3-16(15-28)4-6-17)25-21-10-8-20(29)11-18(21)7-9-22(25)24(26)12-19-13-27(19,26)30-2/h3-6,11,15,19,22-24H,7-10,12-14H2,1-2H3/t19-,22-,23+,24-,26-,27-/m0/s1. The van der Waals surface area contributed by atoms with Crippen molar-refractivity contribution in [3.8, 4) is 0 Å². The fourth-order valence-electron chi connectivity index (χ4n) is 8.11. The highest BCUT2D eigenvalue weighted by Crippen LogP contribution is 2.77. The smallest absolute Gasteiger partial charge is 0.156 e. The lowest BCUT2D eigenvalue weighted by Crippen LogP contribution is -2.48. The number of ether oxygens (including phenoxy) is 1. The summed E-state index contributed by atoms with van der Waals surface area (Å²) in [5, 5.41) is 0. The van der Waals surface area contributed by atoms with Gasteiger partial charge in [0.1, 0.15) is 6.29 Å². The molecule has 3 saturated carbocycles. The molecule has 0 saturated heterocycles. The minimum absolute atomic E-state index is 0.0630. The number of ketones is 1. The van der Waals surface area contributed by atoms with Crippen LogP contribution in [0.2, 0.25) is 0 Å². The fraction of sp³-hybridized carbons (Fsp3) is 0.556. The van der Waals surface area contributed by atoms with E-state index in [4.69, 9.17) is 4.74 Å². The molecule has 5 aliphatic carbocycles. The monoisotopic (exact) mass is 402 g/mol. The number of rotatable bonds is 3. The summed E-state index contributed by atoms with van der Waals surface area (Å²) in [6.07, 6.45) is 10.2. The van der Waals surface area contributed by atoms with Crippen molar-refractivity contribution in [2.24, 2.45) is 23.2 Å². The van der Waals surface area contributed by atoms with Crippen LogP contribution in [0.1, 0.15) is 73.7 Å². The van der Waals surface area contributed by atoms with E-state index in [2.05, 4.69) is 19.1 Å². The predicted molar refractivity (Wildman–Crippen MR) is 115 cm³/mol. The van der Waals surface area contributed by atoms with Gasteiger partial charge in [-0.15, -0.1) is 0 Å². The molecule has 3 nitrogen and oxygen atoms in total. The van der Waals surface area contributed by atoms with Gasteiger partial charge in [0.2, 0.25) is 0 Å². The molecule has 3 heteroatoms. The quantitative estimate of drug-likeness (QED) is 0.635. The number of carbonyl (C=O) groups excluding carboxylic acids is 2. The lowest BCUT2D eigenvalue weighted by atomic mass is 9.51. The van der Waals surface area contributed by atoms with Crippen LogP contribution in [0.4, 0.5) is 0 Å². The normalized spacial score (nSPS) is 41.4. The van der Waals surface area contributed by atoms with Gasteiger partial charge in [0.05, 0.1) is 5.60 Å². The number of carbonyl (C=O) groups is 2. The van der Waals surface area contributed by atoms with Gasteiger partial charge in [0.15, 0.2) is 5.78 Å². The van der Waals surface area contributed by atoms with Crippen LogP contribution in [-0.4, -0.2) is 24.8 Å². The lowest BCUT2D eigenvalue weighted by molar-refractivity contribution is -0.114. The van der Waals surface area contributed by atoms with Gasteiger partial charge in [-0.05, 0) is 79.1 Å². The number of methoxy groups -OCH3 is 1. The second kappa shape index (κ2) is 6.26. The average molecular weight is 403 g/mol. The number of hydrogen-bond acceptors (Lipinski definition) is 3. The molecule has 156 valence electrons. The van der Waals surface area contributed by atoms with E-state index in [1.165, 1.54) is 29.6 Å². The first kappa shape index (κ1) is 18.7. The molecule has 1 aromatic carbocycles. The molecule has 0 heterocycles. The van der Waals surface area contributed by atoms with Crippen LogP contribution < -0.4 is 0 Å². The van der Waals surface area contributed by atoms with Gasteiger partial charge in [0, 0.05) is 30.4 Å². The zero-order valence-electron chi connectivity index (χ0n) is 17.9. The van der Waals surface area contributed by atoms with E-state index in [1.54, 1.807) is 5.57 Å². The van der Waals surface area contributed by atoms with E-state index in [0.717, 1.165) is 37.5 Å². The van der Waals surface area contributed by atoms with Crippen LogP contribution in [0.5, 0.6) is 0 Å². The van der Waals surface area contributed by atoms with Crippen LogP contribution >= 0.6 is 0 Å². The molecule has 1 aromatic rings. The minimum atomic E-state index is 0.0630. The van der Waals surface area contributed by atoms with Gasteiger partial charge in [-0.2, -0.15) is 0 Å². The highest BCUT2D eigenvalue weighted by Gasteiger charge is 2.75. The number of hydrogen-bond donors (Lipinski definition) is 0. The van der Waals surface area contributed by atoms with E-state index in [9.17, 15) is 9.59 Å². The van der Waals surface area contributed by atoms with Gasteiger partial charge in [-0.3, -0.25) is 9.59 Å². The molecule has 0 bridgehead atoms. The van der Waals surface area contributed by atoms with Gasteiger partial charge in [0.25, 0.3) is 0 Å². The first-order chi connectivity index (χ1) is 14.5. The van der Waals surface area contributed by atoms with Crippen molar-refractivity contribution in [2.75, 3.05) is 7.11 Å². The van der Waals surface area contributed by atoms with E-state index in [0.29, 0.717) is 35.9 Å². The van der Waals surface area contributed by atoms with E-state index >= 15 is 0 Å². The second-order valence-corrected chi connectivity index (χ2v) is 10.5. The molecule has 5 aliphatic rings.